The fraction of sp³-hybridized carbons (Fsp3) is 1.00. The van der Waals surface area contributed by atoms with E-state index in [1.807, 2.05) is 0 Å². The van der Waals surface area contributed by atoms with Crippen LogP contribution in [-0.2, 0) is 0 Å². The van der Waals surface area contributed by atoms with Crippen LogP contribution < -0.4 is 0 Å². The monoisotopic (exact) mass is 211 g/mol. The van der Waals surface area contributed by atoms with Gasteiger partial charge >= 0.3 is 0 Å². The normalized spacial score (nSPS) is 43.4. The summed E-state index contributed by atoms with van der Waals surface area (Å²) < 4.78 is 0. The van der Waals surface area contributed by atoms with E-state index in [0.717, 1.165) is 24.4 Å². The SMILES string of the molecule is CC1CCC(N2CCC(CO)C2)C(C)C1. The highest BCUT2D eigenvalue weighted by atomic mass is 16.3. The third-order valence-electron chi connectivity index (χ3n) is 4.43. The summed E-state index contributed by atoms with van der Waals surface area (Å²) in [6, 6.07) is 0.803. The van der Waals surface area contributed by atoms with Crippen LogP contribution in [0.25, 0.3) is 0 Å². The second-order valence-corrected chi connectivity index (χ2v) is 5.80. The van der Waals surface area contributed by atoms with Crippen molar-refractivity contribution in [3.8, 4) is 0 Å². The molecule has 0 aromatic heterocycles. The van der Waals surface area contributed by atoms with Gasteiger partial charge < -0.3 is 5.11 Å². The van der Waals surface area contributed by atoms with Gasteiger partial charge in [0.2, 0.25) is 0 Å². The first-order valence-corrected chi connectivity index (χ1v) is 6.55. The van der Waals surface area contributed by atoms with E-state index in [9.17, 15) is 0 Å². The fourth-order valence-electron chi connectivity index (χ4n) is 3.50. The molecule has 0 aromatic rings. The van der Waals surface area contributed by atoms with E-state index in [4.69, 9.17) is 5.11 Å². The minimum absolute atomic E-state index is 0.383. The first-order valence-electron chi connectivity index (χ1n) is 6.55. The Kier molecular flexibility index (Phi) is 3.68. The summed E-state index contributed by atoms with van der Waals surface area (Å²) in [5.74, 6) is 2.33. The van der Waals surface area contributed by atoms with Crippen LogP contribution in [0, 0.1) is 17.8 Å². The topological polar surface area (TPSA) is 23.5 Å². The molecule has 4 unspecified atom stereocenters. The quantitative estimate of drug-likeness (QED) is 0.756. The first kappa shape index (κ1) is 11.4. The second-order valence-electron chi connectivity index (χ2n) is 5.80. The van der Waals surface area contributed by atoms with Gasteiger partial charge in [-0.3, -0.25) is 4.90 Å². The molecule has 15 heavy (non-hydrogen) atoms. The van der Waals surface area contributed by atoms with E-state index in [0.29, 0.717) is 12.5 Å². The zero-order chi connectivity index (χ0) is 10.8. The summed E-state index contributed by atoms with van der Waals surface area (Å²) in [5, 5.41) is 9.16. The van der Waals surface area contributed by atoms with Gasteiger partial charge in [-0.15, -0.1) is 0 Å². The second kappa shape index (κ2) is 4.84. The molecule has 4 atom stereocenters. The van der Waals surface area contributed by atoms with Crippen LogP contribution in [0.15, 0.2) is 0 Å². The highest BCUT2D eigenvalue weighted by Gasteiger charge is 2.33. The molecular formula is C13H25NO. The molecule has 1 saturated heterocycles. The molecule has 0 amide bonds. The zero-order valence-corrected chi connectivity index (χ0v) is 10.2. The van der Waals surface area contributed by atoms with E-state index < -0.39 is 0 Å². The van der Waals surface area contributed by atoms with Crippen molar-refractivity contribution in [1.82, 2.24) is 4.90 Å². The minimum atomic E-state index is 0.383. The molecule has 2 rings (SSSR count). The average molecular weight is 211 g/mol. The summed E-state index contributed by atoms with van der Waals surface area (Å²) in [5.41, 5.74) is 0. The Bertz CT molecular complexity index is 207. The molecule has 0 spiro atoms. The predicted molar refractivity (Wildman–Crippen MR) is 62.7 cm³/mol. The van der Waals surface area contributed by atoms with Gasteiger partial charge in [0.25, 0.3) is 0 Å². The Hall–Kier alpha value is -0.0800. The zero-order valence-electron chi connectivity index (χ0n) is 10.2. The molecule has 0 aromatic carbocycles. The lowest BCUT2D eigenvalue weighted by molar-refractivity contribution is 0.107. The van der Waals surface area contributed by atoms with Crippen molar-refractivity contribution in [1.29, 1.82) is 0 Å². The lowest BCUT2D eigenvalue weighted by Gasteiger charge is -2.38. The van der Waals surface area contributed by atoms with E-state index in [-0.39, 0.29) is 0 Å². The van der Waals surface area contributed by atoms with Crippen LogP contribution in [0.5, 0.6) is 0 Å². The number of nitrogens with zero attached hydrogens (tertiary/aromatic N) is 1. The van der Waals surface area contributed by atoms with Gasteiger partial charge in [0.05, 0.1) is 0 Å². The van der Waals surface area contributed by atoms with Crippen LogP contribution >= 0.6 is 0 Å². The van der Waals surface area contributed by atoms with Crippen LogP contribution in [0.3, 0.4) is 0 Å². The highest BCUT2D eigenvalue weighted by molar-refractivity contribution is 4.87. The average Bonchev–Trinajstić information content (AvgIpc) is 2.66. The summed E-state index contributed by atoms with van der Waals surface area (Å²) >= 11 is 0. The summed E-state index contributed by atoms with van der Waals surface area (Å²) in [7, 11) is 0. The van der Waals surface area contributed by atoms with Crippen molar-refractivity contribution < 1.29 is 5.11 Å². The third kappa shape index (κ3) is 2.54. The maximum absolute atomic E-state index is 9.16. The van der Waals surface area contributed by atoms with Gasteiger partial charge in [-0.25, -0.2) is 0 Å². The number of hydrogen-bond donors (Lipinski definition) is 1. The van der Waals surface area contributed by atoms with Gasteiger partial charge in [-0.2, -0.15) is 0 Å². The molecule has 2 aliphatic rings. The van der Waals surface area contributed by atoms with E-state index in [1.54, 1.807) is 0 Å². The Labute approximate surface area is 93.7 Å². The maximum Gasteiger partial charge on any atom is 0.0471 e. The fourth-order valence-corrected chi connectivity index (χ4v) is 3.50. The van der Waals surface area contributed by atoms with Crippen molar-refractivity contribution in [3.63, 3.8) is 0 Å². The third-order valence-corrected chi connectivity index (χ3v) is 4.43. The summed E-state index contributed by atoms with van der Waals surface area (Å²) in [6.07, 6.45) is 5.37. The Morgan fingerprint density at radius 3 is 2.60 bits per heavy atom. The van der Waals surface area contributed by atoms with Crippen molar-refractivity contribution >= 4 is 0 Å². The maximum atomic E-state index is 9.16. The first-order chi connectivity index (χ1) is 7.20. The van der Waals surface area contributed by atoms with E-state index in [1.165, 1.54) is 32.2 Å². The minimum Gasteiger partial charge on any atom is -0.396 e. The Morgan fingerprint density at radius 1 is 1.20 bits per heavy atom. The molecule has 2 fully saturated rings. The molecule has 1 heterocycles. The number of rotatable bonds is 2. The molecular weight excluding hydrogens is 186 g/mol. The lowest BCUT2D eigenvalue weighted by Crippen LogP contribution is -2.41. The highest BCUT2D eigenvalue weighted by Crippen LogP contribution is 2.34. The standard InChI is InChI=1S/C13H25NO/c1-10-3-4-13(11(2)7-10)14-6-5-12(8-14)9-15/h10-13,15H,3-9H2,1-2H3. The van der Waals surface area contributed by atoms with Crippen LogP contribution in [0.2, 0.25) is 0 Å². The summed E-state index contributed by atoms with van der Waals surface area (Å²) in [4.78, 5) is 2.64. The van der Waals surface area contributed by atoms with Crippen molar-refractivity contribution in [3.05, 3.63) is 0 Å². The van der Waals surface area contributed by atoms with Crippen LogP contribution in [-0.4, -0.2) is 35.7 Å². The molecule has 1 saturated carbocycles. The molecule has 0 bridgehead atoms. The van der Waals surface area contributed by atoms with E-state index >= 15 is 0 Å². The molecule has 2 nitrogen and oxygen atoms in total. The van der Waals surface area contributed by atoms with Crippen LogP contribution in [0.4, 0.5) is 0 Å². The predicted octanol–water partition coefficient (Wildman–Crippen LogP) is 2.13. The van der Waals surface area contributed by atoms with Gasteiger partial charge in [-0.05, 0) is 50.0 Å². The Morgan fingerprint density at radius 2 is 2.00 bits per heavy atom. The van der Waals surface area contributed by atoms with Gasteiger partial charge in [0.15, 0.2) is 0 Å². The van der Waals surface area contributed by atoms with Gasteiger partial charge in [-0.1, -0.05) is 13.8 Å². The van der Waals surface area contributed by atoms with Crippen LogP contribution in [0.1, 0.15) is 39.5 Å². The van der Waals surface area contributed by atoms with Crippen molar-refractivity contribution in [2.45, 2.75) is 45.6 Å². The summed E-state index contributed by atoms with van der Waals surface area (Å²) in [6.45, 7) is 7.53. The molecule has 0 radical (unpaired) electrons. The number of hydrogen-bond acceptors (Lipinski definition) is 2. The smallest absolute Gasteiger partial charge is 0.0471 e. The van der Waals surface area contributed by atoms with Gasteiger partial charge in [0.1, 0.15) is 0 Å². The largest absolute Gasteiger partial charge is 0.396 e. The van der Waals surface area contributed by atoms with Crippen molar-refractivity contribution in [2.75, 3.05) is 19.7 Å². The molecule has 1 aliphatic heterocycles. The van der Waals surface area contributed by atoms with E-state index in [2.05, 4.69) is 18.7 Å². The van der Waals surface area contributed by atoms with Crippen molar-refractivity contribution in [2.24, 2.45) is 17.8 Å². The lowest BCUT2D eigenvalue weighted by atomic mass is 9.79. The molecule has 1 N–H and O–H groups in total. The Balaban J connectivity index is 1.88. The van der Waals surface area contributed by atoms with Gasteiger partial charge in [0, 0.05) is 19.2 Å². The molecule has 88 valence electrons. The number of aliphatic hydroxyl groups is 1. The number of likely N-dealkylation sites (tertiary alicyclic amines) is 1. The molecule has 2 heteroatoms. The molecule has 1 aliphatic carbocycles. The number of aliphatic hydroxyl groups excluding tert-OH is 1.